The summed E-state index contributed by atoms with van der Waals surface area (Å²) in [7, 11) is 0. The molecule has 3 unspecified atom stereocenters. The predicted octanol–water partition coefficient (Wildman–Crippen LogP) is 3.80. The van der Waals surface area contributed by atoms with Crippen LogP contribution in [0.5, 0.6) is 0 Å². The van der Waals surface area contributed by atoms with Crippen molar-refractivity contribution in [1.82, 2.24) is 0 Å². The van der Waals surface area contributed by atoms with Crippen LogP contribution >= 0.6 is 0 Å². The average molecular weight is 289 g/mol. The highest BCUT2D eigenvalue weighted by Gasteiger charge is 2.59. The summed E-state index contributed by atoms with van der Waals surface area (Å²) >= 11 is 0. The smallest absolute Gasteiger partial charge is 0.314 e. The second-order valence-electron chi connectivity index (χ2n) is 7.49. The average Bonchev–Trinajstić information content (AvgIpc) is 2.85. The first kappa shape index (κ1) is 14.2. The summed E-state index contributed by atoms with van der Waals surface area (Å²) in [6, 6.07) is 5.36. The number of nitro groups is 1. The van der Waals surface area contributed by atoms with Crippen LogP contribution in [0, 0.1) is 26.9 Å². The van der Waals surface area contributed by atoms with Gasteiger partial charge in [0.15, 0.2) is 0 Å². The number of rotatable bonds is 3. The van der Waals surface area contributed by atoms with Crippen molar-refractivity contribution in [2.24, 2.45) is 16.7 Å². The Labute approximate surface area is 125 Å². The fourth-order valence-electron chi connectivity index (χ4n) is 4.70. The molecule has 3 N–H and O–H groups in total. The van der Waals surface area contributed by atoms with Gasteiger partial charge >= 0.3 is 5.69 Å². The number of nitrogens with two attached hydrogens (primary N) is 1. The second-order valence-corrected chi connectivity index (χ2v) is 7.49. The molecule has 2 bridgehead atoms. The first-order chi connectivity index (χ1) is 9.75. The lowest BCUT2D eigenvalue weighted by molar-refractivity contribution is -0.383. The Morgan fingerprint density at radius 2 is 2.10 bits per heavy atom. The zero-order valence-electron chi connectivity index (χ0n) is 12.8. The molecule has 0 amide bonds. The van der Waals surface area contributed by atoms with Crippen LogP contribution in [0.25, 0.3) is 0 Å². The number of nitrogens with zero attached hydrogens (tertiary/aromatic N) is 1. The maximum atomic E-state index is 11.3. The van der Waals surface area contributed by atoms with E-state index in [1.165, 1.54) is 19.3 Å². The Morgan fingerprint density at radius 1 is 1.38 bits per heavy atom. The molecule has 3 rings (SSSR count). The van der Waals surface area contributed by atoms with Gasteiger partial charge in [-0.1, -0.05) is 26.8 Å². The van der Waals surface area contributed by atoms with E-state index >= 15 is 0 Å². The third-order valence-electron chi connectivity index (χ3n) is 5.82. The molecule has 0 saturated heterocycles. The normalized spacial score (nSPS) is 33.1. The number of fused-ring (bicyclic) bond motifs is 2. The number of benzene rings is 1. The van der Waals surface area contributed by atoms with Gasteiger partial charge in [0, 0.05) is 6.04 Å². The van der Waals surface area contributed by atoms with Gasteiger partial charge in [0.1, 0.15) is 11.4 Å². The molecular formula is C16H23N3O2. The van der Waals surface area contributed by atoms with Gasteiger partial charge in [-0.3, -0.25) is 10.1 Å². The van der Waals surface area contributed by atoms with E-state index in [0.717, 1.165) is 0 Å². The summed E-state index contributed by atoms with van der Waals surface area (Å²) in [4.78, 5) is 10.9. The van der Waals surface area contributed by atoms with E-state index in [1.807, 2.05) is 0 Å². The molecule has 0 heterocycles. The van der Waals surface area contributed by atoms with Gasteiger partial charge in [-0.25, -0.2) is 0 Å². The Kier molecular flexibility index (Phi) is 2.94. The number of nitrogens with one attached hydrogen (secondary N) is 1. The Morgan fingerprint density at radius 3 is 2.67 bits per heavy atom. The molecule has 5 heteroatoms. The molecule has 0 aliphatic heterocycles. The van der Waals surface area contributed by atoms with Crippen LogP contribution in [-0.2, 0) is 0 Å². The third kappa shape index (κ3) is 1.98. The first-order valence-corrected chi connectivity index (χ1v) is 7.55. The fourth-order valence-corrected chi connectivity index (χ4v) is 4.70. The molecule has 2 aliphatic carbocycles. The van der Waals surface area contributed by atoms with Crippen molar-refractivity contribution in [1.29, 1.82) is 0 Å². The summed E-state index contributed by atoms with van der Waals surface area (Å²) in [6.45, 7) is 6.85. The molecule has 114 valence electrons. The summed E-state index contributed by atoms with van der Waals surface area (Å²) < 4.78 is 0. The van der Waals surface area contributed by atoms with E-state index in [2.05, 4.69) is 26.1 Å². The van der Waals surface area contributed by atoms with Gasteiger partial charge in [0.05, 0.1) is 4.92 Å². The first-order valence-electron chi connectivity index (χ1n) is 7.55. The maximum absolute atomic E-state index is 11.3. The predicted molar refractivity (Wildman–Crippen MR) is 84.1 cm³/mol. The van der Waals surface area contributed by atoms with Crippen LogP contribution in [0.4, 0.5) is 17.1 Å². The molecule has 2 fully saturated rings. The van der Waals surface area contributed by atoms with E-state index in [4.69, 9.17) is 5.73 Å². The summed E-state index contributed by atoms with van der Waals surface area (Å²) in [5, 5.41) is 14.8. The Bertz CT molecular complexity index is 594. The lowest BCUT2D eigenvalue weighted by Crippen LogP contribution is -2.45. The van der Waals surface area contributed by atoms with Crippen molar-refractivity contribution in [3.05, 3.63) is 28.3 Å². The van der Waals surface area contributed by atoms with E-state index in [-0.39, 0.29) is 33.2 Å². The van der Waals surface area contributed by atoms with E-state index in [0.29, 0.717) is 11.6 Å². The van der Waals surface area contributed by atoms with Gasteiger partial charge in [0.2, 0.25) is 0 Å². The number of nitrogen functional groups attached to an aromatic ring is 1. The zero-order valence-corrected chi connectivity index (χ0v) is 12.8. The topological polar surface area (TPSA) is 81.2 Å². The third-order valence-corrected chi connectivity index (χ3v) is 5.82. The lowest BCUT2D eigenvalue weighted by atomic mass is 9.68. The van der Waals surface area contributed by atoms with Gasteiger partial charge in [-0.05, 0) is 48.1 Å². The molecule has 0 aromatic heterocycles. The summed E-state index contributed by atoms with van der Waals surface area (Å²) in [5.41, 5.74) is 6.92. The Hall–Kier alpha value is -1.78. The zero-order chi connectivity index (χ0) is 15.4. The summed E-state index contributed by atoms with van der Waals surface area (Å²) in [5.74, 6) is 0.695. The molecule has 1 aromatic rings. The molecule has 0 radical (unpaired) electrons. The SMILES string of the molecule is CC12CCC(C1)C(C)(C)C2Nc1cccc(N)c1[N+](=O)[O-]. The summed E-state index contributed by atoms with van der Waals surface area (Å²) in [6.07, 6.45) is 3.66. The van der Waals surface area contributed by atoms with Crippen molar-refractivity contribution in [2.75, 3.05) is 11.1 Å². The molecule has 5 nitrogen and oxygen atoms in total. The number of anilines is 2. The van der Waals surface area contributed by atoms with Crippen LogP contribution in [0.1, 0.15) is 40.0 Å². The van der Waals surface area contributed by atoms with Gasteiger partial charge < -0.3 is 11.1 Å². The Balaban J connectivity index is 1.98. The van der Waals surface area contributed by atoms with Crippen LogP contribution in [0.2, 0.25) is 0 Å². The molecule has 1 aromatic carbocycles. The van der Waals surface area contributed by atoms with Crippen LogP contribution in [0.3, 0.4) is 0 Å². The number of hydrogen-bond acceptors (Lipinski definition) is 4. The van der Waals surface area contributed by atoms with Crippen molar-refractivity contribution in [2.45, 2.75) is 46.1 Å². The minimum absolute atomic E-state index is 0.000302. The van der Waals surface area contributed by atoms with Gasteiger partial charge in [0.25, 0.3) is 0 Å². The molecule has 2 saturated carbocycles. The lowest BCUT2D eigenvalue weighted by Gasteiger charge is -2.43. The molecule has 3 atom stereocenters. The van der Waals surface area contributed by atoms with E-state index in [1.54, 1.807) is 18.2 Å². The second kappa shape index (κ2) is 4.36. The van der Waals surface area contributed by atoms with E-state index in [9.17, 15) is 10.1 Å². The monoisotopic (exact) mass is 289 g/mol. The molecular weight excluding hydrogens is 266 g/mol. The van der Waals surface area contributed by atoms with Gasteiger partial charge in [-0.15, -0.1) is 0 Å². The van der Waals surface area contributed by atoms with Gasteiger partial charge in [-0.2, -0.15) is 0 Å². The molecule has 2 aliphatic rings. The molecule has 21 heavy (non-hydrogen) atoms. The van der Waals surface area contributed by atoms with Crippen molar-refractivity contribution >= 4 is 17.1 Å². The quantitative estimate of drug-likeness (QED) is 0.503. The van der Waals surface area contributed by atoms with Crippen LogP contribution in [0.15, 0.2) is 18.2 Å². The minimum atomic E-state index is -0.389. The van der Waals surface area contributed by atoms with E-state index < -0.39 is 0 Å². The van der Waals surface area contributed by atoms with Crippen LogP contribution in [-0.4, -0.2) is 11.0 Å². The highest BCUT2D eigenvalue weighted by Crippen LogP contribution is 2.63. The highest BCUT2D eigenvalue weighted by atomic mass is 16.6. The highest BCUT2D eigenvalue weighted by molar-refractivity contribution is 5.74. The number of nitro benzene ring substituents is 1. The number of hydrogen-bond donors (Lipinski definition) is 2. The standard InChI is InChI=1S/C16H23N3O2/c1-15(2)10-7-8-16(3,9-10)14(15)18-12-6-4-5-11(17)13(12)19(20)21/h4-6,10,14,18H,7-9,17H2,1-3H3. The fraction of sp³-hybridized carbons (Fsp3) is 0.625. The van der Waals surface area contributed by atoms with Crippen molar-refractivity contribution < 1.29 is 4.92 Å². The molecule has 0 spiro atoms. The van der Waals surface area contributed by atoms with Crippen LogP contribution < -0.4 is 11.1 Å². The minimum Gasteiger partial charge on any atom is -0.393 e. The largest absolute Gasteiger partial charge is 0.393 e. The van der Waals surface area contributed by atoms with Crippen molar-refractivity contribution in [3.8, 4) is 0 Å². The van der Waals surface area contributed by atoms with Crippen molar-refractivity contribution in [3.63, 3.8) is 0 Å². The number of para-hydroxylation sites is 1. The maximum Gasteiger partial charge on any atom is 0.314 e.